The minimum Gasteiger partial charge on any atom is -0.465 e. The Balaban J connectivity index is 2.35. The third-order valence-electron chi connectivity index (χ3n) is 2.78. The number of hydrogen-bond donors (Lipinski definition) is 2. The number of aromatic nitrogens is 1. The summed E-state index contributed by atoms with van der Waals surface area (Å²) < 4.78 is 5.38. The van der Waals surface area contributed by atoms with Gasteiger partial charge in [0.2, 0.25) is 0 Å². The molecule has 0 bridgehead atoms. The Morgan fingerprint density at radius 1 is 1.21 bits per heavy atom. The fourth-order valence-corrected chi connectivity index (χ4v) is 1.94. The van der Waals surface area contributed by atoms with E-state index in [4.69, 9.17) is 4.74 Å². The van der Waals surface area contributed by atoms with Crippen LogP contribution in [0.4, 0.5) is 0 Å². The molecular weight excluding hydrogens is 242 g/mol. The zero-order chi connectivity index (χ0) is 13.7. The fourth-order valence-electron chi connectivity index (χ4n) is 1.94. The summed E-state index contributed by atoms with van der Waals surface area (Å²) in [4.78, 5) is 4.27. The lowest BCUT2D eigenvalue weighted by Crippen LogP contribution is -2.12. The van der Waals surface area contributed by atoms with Gasteiger partial charge in [-0.1, -0.05) is 18.2 Å². The molecule has 2 aromatic rings. The number of ether oxygens (including phenoxy) is 1. The van der Waals surface area contributed by atoms with Crippen molar-refractivity contribution in [1.29, 1.82) is 0 Å². The molecule has 2 N–H and O–H groups in total. The number of pyridine rings is 1. The summed E-state index contributed by atoms with van der Waals surface area (Å²) in [5.74, 6) is 0.576. The molecule has 0 aliphatic heterocycles. The molecule has 1 heterocycles. The van der Waals surface area contributed by atoms with Crippen LogP contribution in [-0.4, -0.2) is 21.5 Å². The van der Waals surface area contributed by atoms with Crippen molar-refractivity contribution in [3.8, 4) is 5.75 Å². The van der Waals surface area contributed by atoms with E-state index < -0.39 is 6.29 Å². The van der Waals surface area contributed by atoms with Gasteiger partial charge in [0.25, 0.3) is 0 Å². The second kappa shape index (κ2) is 6.31. The highest BCUT2D eigenvalue weighted by Crippen LogP contribution is 2.26. The first-order valence-electron chi connectivity index (χ1n) is 6.17. The predicted molar refractivity (Wildman–Crippen MR) is 71.7 cm³/mol. The van der Waals surface area contributed by atoms with Crippen LogP contribution >= 0.6 is 0 Å². The minimum absolute atomic E-state index is 0.0703. The molecule has 2 rings (SSSR count). The van der Waals surface area contributed by atoms with E-state index in [1.54, 1.807) is 25.3 Å². The zero-order valence-electron chi connectivity index (χ0n) is 10.8. The van der Waals surface area contributed by atoms with Crippen molar-refractivity contribution in [2.45, 2.75) is 26.2 Å². The molecule has 1 aromatic carbocycles. The van der Waals surface area contributed by atoms with Crippen LogP contribution < -0.4 is 4.74 Å². The zero-order valence-corrected chi connectivity index (χ0v) is 10.8. The monoisotopic (exact) mass is 259 g/mol. The van der Waals surface area contributed by atoms with Gasteiger partial charge in [0.05, 0.1) is 6.61 Å². The first kappa shape index (κ1) is 13.5. The SMILES string of the molecule is CC(O)Oc1cccc(CO)c1Cc1ccccn1. The summed E-state index contributed by atoms with van der Waals surface area (Å²) in [5, 5.41) is 18.8. The maximum atomic E-state index is 9.42. The van der Waals surface area contributed by atoms with Gasteiger partial charge in [0, 0.05) is 23.9 Å². The quantitative estimate of drug-likeness (QED) is 0.805. The molecule has 0 fully saturated rings. The Morgan fingerprint density at radius 2 is 2.05 bits per heavy atom. The highest BCUT2D eigenvalue weighted by atomic mass is 16.6. The number of benzene rings is 1. The topological polar surface area (TPSA) is 62.6 Å². The molecule has 19 heavy (non-hydrogen) atoms. The first-order valence-corrected chi connectivity index (χ1v) is 6.17. The Kier molecular flexibility index (Phi) is 4.49. The Labute approximate surface area is 112 Å². The molecule has 1 atom stereocenters. The van der Waals surface area contributed by atoms with Crippen molar-refractivity contribution < 1.29 is 14.9 Å². The largest absolute Gasteiger partial charge is 0.465 e. The molecule has 0 saturated carbocycles. The van der Waals surface area contributed by atoms with Gasteiger partial charge in [-0.15, -0.1) is 0 Å². The van der Waals surface area contributed by atoms with Crippen LogP contribution in [0.25, 0.3) is 0 Å². The second-order valence-corrected chi connectivity index (χ2v) is 4.27. The molecule has 0 amide bonds. The van der Waals surface area contributed by atoms with Crippen molar-refractivity contribution in [1.82, 2.24) is 4.98 Å². The Hall–Kier alpha value is -1.91. The summed E-state index contributed by atoms with van der Waals surface area (Å²) in [6, 6.07) is 11.1. The van der Waals surface area contributed by atoms with Gasteiger partial charge in [0.1, 0.15) is 5.75 Å². The molecule has 0 spiro atoms. The van der Waals surface area contributed by atoms with Crippen LogP contribution in [0.15, 0.2) is 42.6 Å². The van der Waals surface area contributed by atoms with E-state index in [1.807, 2.05) is 24.3 Å². The lowest BCUT2D eigenvalue weighted by Gasteiger charge is -2.16. The number of aliphatic hydroxyl groups is 2. The van der Waals surface area contributed by atoms with Gasteiger partial charge < -0.3 is 14.9 Å². The highest BCUT2D eigenvalue weighted by Gasteiger charge is 2.12. The average molecular weight is 259 g/mol. The molecule has 0 aliphatic carbocycles. The van der Waals surface area contributed by atoms with Gasteiger partial charge in [-0.3, -0.25) is 4.98 Å². The van der Waals surface area contributed by atoms with E-state index in [2.05, 4.69) is 4.98 Å². The maximum absolute atomic E-state index is 9.42. The predicted octanol–water partition coefficient (Wildman–Crippen LogP) is 1.88. The van der Waals surface area contributed by atoms with Gasteiger partial charge >= 0.3 is 0 Å². The van der Waals surface area contributed by atoms with Crippen LogP contribution in [0.1, 0.15) is 23.7 Å². The van der Waals surface area contributed by atoms with E-state index in [1.165, 1.54) is 0 Å². The molecule has 100 valence electrons. The Morgan fingerprint density at radius 3 is 2.68 bits per heavy atom. The third-order valence-corrected chi connectivity index (χ3v) is 2.78. The van der Waals surface area contributed by atoms with Gasteiger partial charge in [-0.05, 0) is 30.7 Å². The third kappa shape index (κ3) is 3.53. The highest BCUT2D eigenvalue weighted by molar-refractivity contribution is 5.42. The molecular formula is C15H17NO3. The van der Waals surface area contributed by atoms with Gasteiger partial charge in [-0.2, -0.15) is 0 Å². The fraction of sp³-hybridized carbons (Fsp3) is 0.267. The van der Waals surface area contributed by atoms with Crippen molar-refractivity contribution in [2.75, 3.05) is 0 Å². The molecule has 1 unspecified atom stereocenters. The summed E-state index contributed by atoms with van der Waals surface area (Å²) >= 11 is 0. The van der Waals surface area contributed by atoms with Crippen LogP contribution in [0.3, 0.4) is 0 Å². The average Bonchev–Trinajstić information content (AvgIpc) is 2.41. The van der Waals surface area contributed by atoms with Gasteiger partial charge in [0.15, 0.2) is 6.29 Å². The first-order chi connectivity index (χ1) is 9.20. The van der Waals surface area contributed by atoms with Crippen LogP contribution in [0, 0.1) is 0 Å². The van der Waals surface area contributed by atoms with Crippen LogP contribution in [0.5, 0.6) is 5.75 Å². The Bertz CT molecular complexity index is 526. The van der Waals surface area contributed by atoms with E-state index in [0.717, 1.165) is 16.8 Å². The molecule has 0 saturated heterocycles. The molecule has 4 nitrogen and oxygen atoms in total. The van der Waals surface area contributed by atoms with Crippen molar-refractivity contribution >= 4 is 0 Å². The number of aliphatic hydroxyl groups excluding tert-OH is 2. The lowest BCUT2D eigenvalue weighted by atomic mass is 10.0. The van der Waals surface area contributed by atoms with Crippen molar-refractivity contribution in [3.63, 3.8) is 0 Å². The van der Waals surface area contributed by atoms with E-state index >= 15 is 0 Å². The minimum atomic E-state index is -0.892. The molecule has 0 radical (unpaired) electrons. The van der Waals surface area contributed by atoms with Crippen molar-refractivity contribution in [2.24, 2.45) is 0 Å². The maximum Gasteiger partial charge on any atom is 0.194 e. The van der Waals surface area contributed by atoms with E-state index in [9.17, 15) is 10.2 Å². The van der Waals surface area contributed by atoms with Gasteiger partial charge in [-0.25, -0.2) is 0 Å². The molecule has 0 aliphatic rings. The lowest BCUT2D eigenvalue weighted by molar-refractivity contribution is -0.00107. The number of hydrogen-bond acceptors (Lipinski definition) is 4. The standard InChI is InChI=1S/C15H17NO3/c1-11(18)19-15-7-4-5-12(10-17)14(15)9-13-6-2-3-8-16-13/h2-8,11,17-18H,9-10H2,1H3. The summed E-state index contributed by atoms with van der Waals surface area (Å²) in [6.45, 7) is 1.48. The molecule has 1 aromatic heterocycles. The van der Waals surface area contributed by atoms with Crippen molar-refractivity contribution in [3.05, 3.63) is 59.4 Å². The van der Waals surface area contributed by atoms with E-state index in [-0.39, 0.29) is 6.61 Å². The number of rotatable bonds is 5. The summed E-state index contributed by atoms with van der Waals surface area (Å²) in [6.07, 6.45) is 1.39. The van der Waals surface area contributed by atoms with E-state index in [0.29, 0.717) is 12.2 Å². The van der Waals surface area contributed by atoms with Crippen LogP contribution in [-0.2, 0) is 13.0 Å². The van der Waals surface area contributed by atoms with Crippen LogP contribution in [0.2, 0.25) is 0 Å². The number of nitrogens with zero attached hydrogens (tertiary/aromatic N) is 1. The smallest absolute Gasteiger partial charge is 0.194 e. The summed E-state index contributed by atoms with van der Waals surface area (Å²) in [7, 11) is 0. The molecule has 4 heteroatoms. The second-order valence-electron chi connectivity index (χ2n) is 4.27. The normalized spacial score (nSPS) is 12.2. The summed E-state index contributed by atoms with van der Waals surface area (Å²) in [5.41, 5.74) is 2.52.